The number of esters is 1. The van der Waals surface area contributed by atoms with E-state index in [4.69, 9.17) is 10.5 Å². The number of nitrogens with two attached hydrogens (primary N) is 1. The summed E-state index contributed by atoms with van der Waals surface area (Å²) in [6, 6.07) is 6.03. The molecule has 2 unspecified atom stereocenters. The second-order valence-corrected chi connectivity index (χ2v) is 5.74. The number of amides is 2. The highest BCUT2D eigenvalue weighted by molar-refractivity contribution is 5.86. The zero-order valence-corrected chi connectivity index (χ0v) is 12.8. The summed E-state index contributed by atoms with van der Waals surface area (Å²) in [5, 5.41) is 0. The van der Waals surface area contributed by atoms with E-state index in [9.17, 15) is 18.8 Å². The van der Waals surface area contributed by atoms with E-state index >= 15 is 0 Å². The fraction of sp³-hybridized carbons (Fsp3) is 0.438. The lowest BCUT2D eigenvalue weighted by Crippen LogP contribution is -2.35. The monoisotopic (exact) mass is 322 g/mol. The molecule has 0 aliphatic carbocycles. The van der Waals surface area contributed by atoms with E-state index in [-0.39, 0.29) is 31.2 Å². The summed E-state index contributed by atoms with van der Waals surface area (Å²) in [5.41, 5.74) is 5.76. The first-order valence-electron chi connectivity index (χ1n) is 7.36. The van der Waals surface area contributed by atoms with Gasteiger partial charge >= 0.3 is 5.97 Å². The molecule has 1 heterocycles. The first-order valence-corrected chi connectivity index (χ1v) is 7.36. The van der Waals surface area contributed by atoms with E-state index in [0.29, 0.717) is 12.0 Å². The molecule has 2 amide bonds. The van der Waals surface area contributed by atoms with Gasteiger partial charge in [-0.2, -0.15) is 0 Å². The lowest BCUT2D eigenvalue weighted by molar-refractivity contribution is -0.152. The number of halogens is 1. The summed E-state index contributed by atoms with van der Waals surface area (Å²) in [4.78, 5) is 35.9. The first kappa shape index (κ1) is 16.9. The van der Waals surface area contributed by atoms with E-state index in [2.05, 4.69) is 0 Å². The van der Waals surface area contributed by atoms with Crippen LogP contribution in [-0.4, -0.2) is 41.9 Å². The van der Waals surface area contributed by atoms with E-state index in [1.165, 1.54) is 17.0 Å². The third-order valence-corrected chi connectivity index (χ3v) is 3.64. The number of carbonyl (C=O) groups is 3. The molecular weight excluding hydrogens is 303 g/mol. The summed E-state index contributed by atoms with van der Waals surface area (Å²) in [6.45, 7) is 1.68. The van der Waals surface area contributed by atoms with Crippen LogP contribution in [-0.2, 0) is 25.5 Å². The average molecular weight is 322 g/mol. The molecule has 1 aliphatic heterocycles. The van der Waals surface area contributed by atoms with Crippen molar-refractivity contribution >= 4 is 17.8 Å². The van der Waals surface area contributed by atoms with E-state index < -0.39 is 23.9 Å². The van der Waals surface area contributed by atoms with Gasteiger partial charge < -0.3 is 15.4 Å². The van der Waals surface area contributed by atoms with Crippen LogP contribution in [0.1, 0.15) is 18.9 Å². The Kier molecular flexibility index (Phi) is 5.31. The number of ether oxygens (including phenoxy) is 1. The molecular formula is C16H19FN2O4. The Bertz CT molecular complexity index is 620. The smallest absolute Gasteiger partial charge is 0.309 e. The second-order valence-electron chi connectivity index (χ2n) is 5.74. The number of carbonyl (C=O) groups excluding carboxylic acids is 3. The van der Waals surface area contributed by atoms with Gasteiger partial charge in [-0.15, -0.1) is 0 Å². The standard InChI is InChI=1S/C16H19FN2O4/c1-10(5-11-3-2-4-12(17)6-11)16(22)23-13-7-15(21)19(8-13)9-14(18)20/h2-4,6,10,13H,5,7-9H2,1H3,(H2,18,20). The van der Waals surface area contributed by atoms with Crippen LogP contribution in [0.3, 0.4) is 0 Å². The van der Waals surface area contributed by atoms with Gasteiger partial charge in [-0.3, -0.25) is 14.4 Å². The predicted molar refractivity (Wildman–Crippen MR) is 79.5 cm³/mol. The molecule has 1 aromatic carbocycles. The molecule has 7 heteroatoms. The highest BCUT2D eigenvalue weighted by Crippen LogP contribution is 2.17. The molecule has 0 aromatic heterocycles. The van der Waals surface area contributed by atoms with E-state index in [1.807, 2.05) is 0 Å². The van der Waals surface area contributed by atoms with Crippen molar-refractivity contribution in [3.8, 4) is 0 Å². The lowest BCUT2D eigenvalue weighted by atomic mass is 10.0. The van der Waals surface area contributed by atoms with Crippen LogP contribution < -0.4 is 5.73 Å². The largest absolute Gasteiger partial charge is 0.460 e. The SMILES string of the molecule is CC(Cc1cccc(F)c1)C(=O)OC1CC(=O)N(CC(N)=O)C1. The second kappa shape index (κ2) is 7.21. The molecule has 2 N–H and O–H groups in total. The van der Waals surface area contributed by atoms with Gasteiger partial charge in [0.05, 0.1) is 25.4 Å². The summed E-state index contributed by atoms with van der Waals surface area (Å²) in [5.74, 6) is -2.14. The number of primary amides is 1. The van der Waals surface area contributed by atoms with Crippen LogP contribution in [0.4, 0.5) is 4.39 Å². The quantitative estimate of drug-likeness (QED) is 0.778. The Labute approximate surface area is 133 Å². The van der Waals surface area contributed by atoms with Crippen LogP contribution in [0.15, 0.2) is 24.3 Å². The van der Waals surface area contributed by atoms with Gasteiger partial charge in [-0.1, -0.05) is 19.1 Å². The molecule has 1 aliphatic rings. The van der Waals surface area contributed by atoms with Gasteiger partial charge in [0.2, 0.25) is 11.8 Å². The summed E-state index contributed by atoms with van der Waals surface area (Å²) < 4.78 is 18.5. The maximum Gasteiger partial charge on any atom is 0.309 e. The van der Waals surface area contributed by atoms with Crippen molar-refractivity contribution in [1.82, 2.24) is 4.90 Å². The van der Waals surface area contributed by atoms with Crippen molar-refractivity contribution in [2.75, 3.05) is 13.1 Å². The minimum absolute atomic E-state index is 0.0473. The van der Waals surface area contributed by atoms with Crippen LogP contribution in [0, 0.1) is 11.7 Å². The number of benzene rings is 1. The van der Waals surface area contributed by atoms with Gasteiger partial charge in [0.15, 0.2) is 0 Å². The minimum atomic E-state index is -0.607. The van der Waals surface area contributed by atoms with Crippen molar-refractivity contribution in [1.29, 1.82) is 0 Å². The van der Waals surface area contributed by atoms with Crippen molar-refractivity contribution in [2.45, 2.75) is 25.9 Å². The van der Waals surface area contributed by atoms with E-state index in [0.717, 1.165) is 0 Å². The molecule has 0 radical (unpaired) electrons. The molecule has 2 rings (SSSR count). The summed E-state index contributed by atoms with van der Waals surface area (Å²) >= 11 is 0. The Morgan fingerprint density at radius 2 is 2.22 bits per heavy atom. The van der Waals surface area contributed by atoms with Gasteiger partial charge in [0, 0.05) is 0 Å². The third kappa shape index (κ3) is 4.77. The normalized spacial score (nSPS) is 18.8. The van der Waals surface area contributed by atoms with Crippen LogP contribution in [0.25, 0.3) is 0 Å². The molecule has 2 atom stereocenters. The topological polar surface area (TPSA) is 89.7 Å². The molecule has 124 valence electrons. The maximum absolute atomic E-state index is 13.1. The molecule has 1 saturated heterocycles. The number of hydrogen-bond donors (Lipinski definition) is 1. The highest BCUT2D eigenvalue weighted by atomic mass is 19.1. The third-order valence-electron chi connectivity index (χ3n) is 3.64. The summed E-state index contributed by atoms with van der Waals surface area (Å²) in [7, 11) is 0. The molecule has 23 heavy (non-hydrogen) atoms. The number of hydrogen-bond acceptors (Lipinski definition) is 4. The fourth-order valence-corrected chi connectivity index (χ4v) is 2.54. The Morgan fingerprint density at radius 3 is 2.87 bits per heavy atom. The number of rotatable bonds is 6. The van der Waals surface area contributed by atoms with E-state index in [1.54, 1.807) is 19.1 Å². The van der Waals surface area contributed by atoms with Gasteiger partial charge in [-0.25, -0.2) is 4.39 Å². The molecule has 0 spiro atoms. The van der Waals surface area contributed by atoms with Gasteiger partial charge in [-0.05, 0) is 24.1 Å². The molecule has 0 saturated carbocycles. The Balaban J connectivity index is 1.87. The molecule has 6 nitrogen and oxygen atoms in total. The Morgan fingerprint density at radius 1 is 1.48 bits per heavy atom. The van der Waals surface area contributed by atoms with Gasteiger partial charge in [0.1, 0.15) is 11.9 Å². The van der Waals surface area contributed by atoms with Crippen molar-refractivity contribution in [3.63, 3.8) is 0 Å². The summed E-state index contributed by atoms with van der Waals surface area (Å²) in [6.07, 6.45) is -0.183. The minimum Gasteiger partial charge on any atom is -0.460 e. The average Bonchev–Trinajstić information content (AvgIpc) is 2.77. The maximum atomic E-state index is 13.1. The van der Waals surface area contributed by atoms with Crippen molar-refractivity contribution in [3.05, 3.63) is 35.6 Å². The van der Waals surface area contributed by atoms with Crippen LogP contribution in [0.2, 0.25) is 0 Å². The Hall–Kier alpha value is -2.44. The number of nitrogens with zero attached hydrogens (tertiary/aromatic N) is 1. The molecule has 1 aromatic rings. The van der Waals surface area contributed by atoms with Crippen LogP contribution >= 0.6 is 0 Å². The molecule has 0 bridgehead atoms. The fourth-order valence-electron chi connectivity index (χ4n) is 2.54. The zero-order valence-electron chi connectivity index (χ0n) is 12.8. The molecule has 1 fully saturated rings. The van der Waals surface area contributed by atoms with Crippen molar-refractivity contribution in [2.24, 2.45) is 11.7 Å². The first-order chi connectivity index (χ1) is 10.8. The lowest BCUT2D eigenvalue weighted by Gasteiger charge is -2.17. The predicted octanol–water partition coefficient (Wildman–Crippen LogP) is 0.634. The number of likely N-dealkylation sites (tertiary alicyclic amines) is 1. The van der Waals surface area contributed by atoms with Crippen LogP contribution in [0.5, 0.6) is 0 Å². The zero-order chi connectivity index (χ0) is 17.0. The highest BCUT2D eigenvalue weighted by Gasteiger charge is 2.33. The van der Waals surface area contributed by atoms with Gasteiger partial charge in [0.25, 0.3) is 0 Å². The van der Waals surface area contributed by atoms with Crippen molar-refractivity contribution < 1.29 is 23.5 Å².